The Morgan fingerprint density at radius 3 is 2.33 bits per heavy atom. The van der Waals surface area contributed by atoms with Crippen LogP contribution in [0.25, 0.3) is 0 Å². The van der Waals surface area contributed by atoms with Crippen molar-refractivity contribution in [3.63, 3.8) is 0 Å². The van der Waals surface area contributed by atoms with E-state index < -0.39 is 32.8 Å². The summed E-state index contributed by atoms with van der Waals surface area (Å²) in [5.74, 6) is -0.559. The maximum atomic E-state index is 12.7. The van der Waals surface area contributed by atoms with Gasteiger partial charge in [0, 0.05) is 6.61 Å². The van der Waals surface area contributed by atoms with Gasteiger partial charge < -0.3 is 4.74 Å². The molecule has 2 bridgehead atoms. The number of rotatable bonds is 6. The molecular weight excluding hydrogens is 364 g/mol. The van der Waals surface area contributed by atoms with E-state index in [9.17, 15) is 17.8 Å². The third-order valence-corrected chi connectivity index (χ3v) is 7.16. The van der Waals surface area contributed by atoms with Crippen molar-refractivity contribution in [1.29, 1.82) is 0 Å². The van der Waals surface area contributed by atoms with Crippen LogP contribution in [-0.4, -0.2) is 37.2 Å². The third-order valence-electron chi connectivity index (χ3n) is 6.30. The monoisotopic (exact) mass is 396 g/mol. The maximum absolute atomic E-state index is 12.7. The number of carbonyl (C=O) groups excluding carboxylic acids is 1. The van der Waals surface area contributed by atoms with Gasteiger partial charge in [-0.05, 0) is 37.5 Å². The predicted octanol–water partition coefficient (Wildman–Crippen LogP) is 4.06. The van der Waals surface area contributed by atoms with E-state index >= 15 is 0 Å². The fraction of sp³-hybridized carbons (Fsp3) is 0.667. The van der Waals surface area contributed by atoms with Crippen LogP contribution < -0.4 is 0 Å². The molecule has 0 radical (unpaired) electrons. The fourth-order valence-electron chi connectivity index (χ4n) is 4.59. The Hall–Kier alpha value is -1.24. The highest BCUT2D eigenvalue weighted by Crippen LogP contribution is 2.64. The van der Waals surface area contributed by atoms with Crippen LogP contribution in [0.2, 0.25) is 0 Å². The van der Waals surface area contributed by atoms with E-state index in [0.717, 1.165) is 19.3 Å². The number of aryl methyl sites for hydroxylation is 1. The molecule has 3 rings (SSSR count). The summed E-state index contributed by atoms with van der Waals surface area (Å²) >= 11 is 0. The van der Waals surface area contributed by atoms with Gasteiger partial charge >= 0.3 is 0 Å². The van der Waals surface area contributed by atoms with E-state index in [-0.39, 0.29) is 11.7 Å². The van der Waals surface area contributed by atoms with Crippen LogP contribution in [0, 0.1) is 23.7 Å². The molecule has 2 fully saturated rings. The van der Waals surface area contributed by atoms with E-state index in [1.165, 1.54) is 5.56 Å². The van der Waals surface area contributed by atoms with Gasteiger partial charge in [-0.25, -0.2) is 0 Å². The van der Waals surface area contributed by atoms with Gasteiger partial charge in [0.05, 0.1) is 11.2 Å². The van der Waals surface area contributed by atoms with E-state index in [2.05, 4.69) is 26.0 Å². The van der Waals surface area contributed by atoms with Crippen molar-refractivity contribution in [2.75, 3.05) is 12.4 Å². The quantitative estimate of drug-likeness (QED) is 0.579. The number of ether oxygens (including phenoxy) is 1. The molecule has 0 aromatic heterocycles. The van der Waals surface area contributed by atoms with Gasteiger partial charge in [-0.3, -0.25) is 9.35 Å². The molecule has 0 amide bonds. The SMILES string of the molecule is CCCCOC1C(=O)C2(CS(=O)(=O)O)CCC1C2(C)C.Cc1ccccc1. The summed E-state index contributed by atoms with van der Waals surface area (Å²) < 4.78 is 37.6. The van der Waals surface area contributed by atoms with Crippen LogP contribution in [0.1, 0.15) is 52.0 Å². The Morgan fingerprint density at radius 2 is 1.85 bits per heavy atom. The van der Waals surface area contributed by atoms with Crippen LogP contribution in [0.5, 0.6) is 0 Å². The van der Waals surface area contributed by atoms with Gasteiger partial charge in [0.2, 0.25) is 0 Å². The van der Waals surface area contributed by atoms with Crippen molar-refractivity contribution in [2.45, 2.75) is 59.5 Å². The second-order valence-electron chi connectivity index (χ2n) is 8.34. The molecular formula is C21H32O5S. The largest absolute Gasteiger partial charge is 0.370 e. The first-order valence-corrected chi connectivity index (χ1v) is 11.3. The van der Waals surface area contributed by atoms with Crippen LogP contribution >= 0.6 is 0 Å². The summed E-state index contributed by atoms with van der Waals surface area (Å²) in [7, 11) is -4.18. The second kappa shape index (κ2) is 8.41. The zero-order valence-corrected chi connectivity index (χ0v) is 17.6. The van der Waals surface area contributed by atoms with E-state index in [1.807, 2.05) is 32.0 Å². The first-order valence-electron chi connectivity index (χ1n) is 9.68. The lowest BCUT2D eigenvalue weighted by molar-refractivity contribution is -0.138. The average molecular weight is 397 g/mol. The summed E-state index contributed by atoms with van der Waals surface area (Å²) in [4.78, 5) is 12.7. The van der Waals surface area contributed by atoms with Crippen LogP contribution in [0.3, 0.4) is 0 Å². The van der Waals surface area contributed by atoms with Crippen molar-refractivity contribution >= 4 is 15.9 Å². The maximum Gasteiger partial charge on any atom is 0.265 e. The highest BCUT2D eigenvalue weighted by Gasteiger charge is 2.70. The number of carbonyl (C=O) groups is 1. The molecule has 27 heavy (non-hydrogen) atoms. The lowest BCUT2D eigenvalue weighted by Gasteiger charge is -2.34. The minimum absolute atomic E-state index is 0.0496. The van der Waals surface area contributed by atoms with Crippen molar-refractivity contribution in [3.05, 3.63) is 35.9 Å². The van der Waals surface area contributed by atoms with Gasteiger partial charge in [0.15, 0.2) is 5.78 Å². The van der Waals surface area contributed by atoms with Gasteiger partial charge in [-0.2, -0.15) is 8.42 Å². The standard InChI is InChI=1S/C14H24O5S.C7H8/c1-4-5-8-19-11-10-6-7-14(12(11)15,13(10,2)3)9-20(16,17)18;1-7-5-3-2-4-6-7/h10-11H,4-9H2,1-3H3,(H,16,17,18);2-6H,1H3. The molecule has 3 atom stereocenters. The second-order valence-corrected chi connectivity index (χ2v) is 9.79. The van der Waals surface area contributed by atoms with E-state index in [4.69, 9.17) is 4.74 Å². The minimum atomic E-state index is -4.18. The Morgan fingerprint density at radius 1 is 1.22 bits per heavy atom. The third kappa shape index (κ3) is 4.61. The number of hydrogen-bond acceptors (Lipinski definition) is 4. The first-order chi connectivity index (χ1) is 12.5. The van der Waals surface area contributed by atoms with Crippen molar-refractivity contribution < 1.29 is 22.5 Å². The molecule has 2 aliphatic carbocycles. The Kier molecular flexibility index (Phi) is 6.87. The molecule has 152 valence electrons. The highest BCUT2D eigenvalue weighted by molar-refractivity contribution is 7.85. The summed E-state index contributed by atoms with van der Waals surface area (Å²) in [5.41, 5.74) is -0.110. The topological polar surface area (TPSA) is 80.7 Å². The summed E-state index contributed by atoms with van der Waals surface area (Å²) in [5, 5.41) is 0. The molecule has 6 heteroatoms. The summed E-state index contributed by atoms with van der Waals surface area (Å²) in [6, 6.07) is 10.3. The Balaban J connectivity index is 0.000000313. The van der Waals surface area contributed by atoms with Gasteiger partial charge in [-0.15, -0.1) is 0 Å². The van der Waals surface area contributed by atoms with Gasteiger partial charge in [0.25, 0.3) is 10.1 Å². The lowest BCUT2D eigenvalue weighted by atomic mass is 9.70. The summed E-state index contributed by atoms with van der Waals surface area (Å²) in [6.45, 7) is 8.52. The molecule has 1 aromatic carbocycles. The predicted molar refractivity (Wildman–Crippen MR) is 106 cm³/mol. The molecule has 0 aliphatic heterocycles. The lowest BCUT2D eigenvalue weighted by Crippen LogP contribution is -2.44. The van der Waals surface area contributed by atoms with Crippen LogP contribution in [0.4, 0.5) is 0 Å². The zero-order valence-electron chi connectivity index (χ0n) is 16.8. The molecule has 1 N–H and O–H groups in total. The Bertz CT molecular complexity index is 741. The molecule has 0 heterocycles. The highest BCUT2D eigenvalue weighted by atomic mass is 32.2. The van der Waals surface area contributed by atoms with Gasteiger partial charge in [0.1, 0.15) is 6.10 Å². The molecule has 0 spiro atoms. The molecule has 1 aromatic rings. The van der Waals surface area contributed by atoms with Crippen molar-refractivity contribution in [3.8, 4) is 0 Å². The molecule has 3 unspecified atom stereocenters. The minimum Gasteiger partial charge on any atom is -0.370 e. The number of benzene rings is 1. The zero-order chi connectivity index (χ0) is 20.3. The fourth-order valence-corrected chi connectivity index (χ4v) is 5.87. The normalized spacial score (nSPS) is 28.7. The molecule has 5 nitrogen and oxygen atoms in total. The van der Waals surface area contributed by atoms with E-state index in [1.54, 1.807) is 0 Å². The van der Waals surface area contributed by atoms with Crippen LogP contribution in [-0.2, 0) is 19.6 Å². The van der Waals surface area contributed by atoms with Crippen molar-refractivity contribution in [1.82, 2.24) is 0 Å². The van der Waals surface area contributed by atoms with Gasteiger partial charge in [-0.1, -0.05) is 63.1 Å². The first kappa shape index (κ1) is 22.1. The van der Waals surface area contributed by atoms with Crippen molar-refractivity contribution in [2.24, 2.45) is 16.7 Å². The number of hydrogen-bond donors (Lipinski definition) is 1. The average Bonchev–Trinajstić information content (AvgIpc) is 2.89. The van der Waals surface area contributed by atoms with E-state index in [0.29, 0.717) is 13.0 Å². The summed E-state index contributed by atoms with van der Waals surface area (Å²) in [6.07, 6.45) is 2.68. The molecule has 2 aliphatic rings. The Labute approximate surface area is 163 Å². The number of Topliss-reactive ketones (excluding diaryl/α,β-unsaturated/α-hetero) is 1. The smallest absolute Gasteiger partial charge is 0.265 e. The molecule has 2 saturated carbocycles. The number of fused-ring (bicyclic) bond motifs is 2. The number of ketones is 1. The molecule has 0 saturated heterocycles. The number of unbranched alkanes of at least 4 members (excludes halogenated alkanes) is 1. The van der Waals surface area contributed by atoms with Crippen LogP contribution in [0.15, 0.2) is 30.3 Å².